The van der Waals surface area contributed by atoms with Gasteiger partial charge in [0.2, 0.25) is 0 Å². The van der Waals surface area contributed by atoms with Gasteiger partial charge in [-0.15, -0.1) is 0 Å². The molecule has 0 saturated heterocycles. The molecular formula is C13H14N2. The molecule has 1 aromatic carbocycles. The van der Waals surface area contributed by atoms with E-state index >= 15 is 0 Å². The fraction of sp³-hybridized carbons (Fsp3) is 0.385. The van der Waals surface area contributed by atoms with E-state index in [1.807, 2.05) is 0 Å². The third-order valence-corrected chi connectivity index (χ3v) is 3.12. The molecule has 2 aliphatic heterocycles. The van der Waals surface area contributed by atoms with Crippen LogP contribution in [0.25, 0.3) is 0 Å². The molecule has 1 aromatic rings. The second-order valence-corrected chi connectivity index (χ2v) is 4.61. The first-order valence-electron chi connectivity index (χ1n) is 5.38. The van der Waals surface area contributed by atoms with Gasteiger partial charge < -0.3 is 0 Å². The topological polar surface area (TPSA) is 24.7 Å². The lowest BCUT2D eigenvalue weighted by molar-refractivity contribution is 0.402. The predicted molar refractivity (Wildman–Crippen MR) is 62.8 cm³/mol. The zero-order chi connectivity index (χ0) is 10.5. The third-order valence-electron chi connectivity index (χ3n) is 3.12. The first-order chi connectivity index (χ1) is 7.17. The average Bonchev–Trinajstić information content (AvgIpc) is 2.11. The summed E-state index contributed by atoms with van der Waals surface area (Å²) in [6.07, 6.45) is 2.08. The van der Waals surface area contributed by atoms with Gasteiger partial charge in [0.05, 0.1) is 0 Å². The first-order valence-corrected chi connectivity index (χ1v) is 5.38. The number of rotatable bonds is 1. The van der Waals surface area contributed by atoms with Crippen molar-refractivity contribution < 1.29 is 0 Å². The van der Waals surface area contributed by atoms with Crippen molar-refractivity contribution in [3.05, 3.63) is 35.4 Å². The van der Waals surface area contributed by atoms with Gasteiger partial charge in [0.1, 0.15) is 0 Å². The minimum absolute atomic E-state index is 0.0374. The lowest BCUT2D eigenvalue weighted by atomic mass is 9.83. The molecule has 0 amide bonds. The Balaban J connectivity index is 1.85. The van der Waals surface area contributed by atoms with Gasteiger partial charge >= 0.3 is 0 Å². The summed E-state index contributed by atoms with van der Waals surface area (Å²) in [5, 5.41) is 0. The maximum absolute atomic E-state index is 4.64. The van der Waals surface area contributed by atoms with E-state index in [4.69, 9.17) is 0 Å². The van der Waals surface area contributed by atoms with E-state index in [1.165, 1.54) is 22.6 Å². The summed E-state index contributed by atoms with van der Waals surface area (Å²) in [6.45, 7) is 4.18. The minimum Gasteiger partial charge on any atom is -0.264 e. The zero-order valence-corrected chi connectivity index (χ0v) is 9.12. The standard InChI is InChI=1S/C13H14N2/c1-9-3-5-11(6-4-9)12-8-13(15-12)7-10(2)14-13/h3-6H,7-8H2,1-2H3. The summed E-state index contributed by atoms with van der Waals surface area (Å²) in [5.74, 6) is 0. The molecule has 1 unspecified atom stereocenters. The number of hydrogen-bond acceptors (Lipinski definition) is 2. The lowest BCUT2D eigenvalue weighted by Crippen LogP contribution is -2.46. The zero-order valence-electron chi connectivity index (χ0n) is 9.12. The van der Waals surface area contributed by atoms with Crippen LogP contribution in [0.1, 0.15) is 30.9 Å². The maximum Gasteiger partial charge on any atom is 0.160 e. The van der Waals surface area contributed by atoms with Crippen LogP contribution in [0.2, 0.25) is 0 Å². The highest BCUT2D eigenvalue weighted by Gasteiger charge is 2.44. The third kappa shape index (κ3) is 1.32. The molecule has 0 aromatic heterocycles. The van der Waals surface area contributed by atoms with E-state index < -0.39 is 0 Å². The van der Waals surface area contributed by atoms with Crippen molar-refractivity contribution in [1.82, 2.24) is 0 Å². The fourth-order valence-electron chi connectivity index (χ4n) is 2.34. The number of aryl methyl sites for hydroxylation is 1. The Morgan fingerprint density at radius 3 is 2.13 bits per heavy atom. The van der Waals surface area contributed by atoms with Gasteiger partial charge in [0.25, 0.3) is 0 Å². The average molecular weight is 198 g/mol. The molecule has 0 radical (unpaired) electrons. The molecule has 2 aliphatic rings. The SMILES string of the molecule is CC1=NC2(C1)CC(c1ccc(C)cc1)=N2. The van der Waals surface area contributed by atoms with Crippen LogP contribution in [-0.4, -0.2) is 17.1 Å². The van der Waals surface area contributed by atoms with Gasteiger partial charge in [-0.3, -0.25) is 9.98 Å². The van der Waals surface area contributed by atoms with E-state index in [0.29, 0.717) is 0 Å². The Hall–Kier alpha value is -1.44. The van der Waals surface area contributed by atoms with E-state index in [0.717, 1.165) is 12.8 Å². The number of hydrogen-bond donors (Lipinski definition) is 0. The van der Waals surface area contributed by atoms with Crippen LogP contribution in [0.15, 0.2) is 34.3 Å². The maximum atomic E-state index is 4.64. The van der Waals surface area contributed by atoms with Crippen LogP contribution in [0.3, 0.4) is 0 Å². The Morgan fingerprint density at radius 2 is 1.60 bits per heavy atom. The van der Waals surface area contributed by atoms with Crippen LogP contribution < -0.4 is 0 Å². The molecule has 2 heterocycles. The van der Waals surface area contributed by atoms with Gasteiger partial charge in [0.15, 0.2) is 5.66 Å². The normalized spacial score (nSPS) is 27.9. The monoisotopic (exact) mass is 198 g/mol. The summed E-state index contributed by atoms with van der Waals surface area (Å²) in [6, 6.07) is 8.57. The van der Waals surface area contributed by atoms with Crippen molar-refractivity contribution in [2.24, 2.45) is 9.98 Å². The molecule has 2 nitrogen and oxygen atoms in total. The molecule has 1 atom stereocenters. The Morgan fingerprint density at radius 1 is 1.00 bits per heavy atom. The van der Waals surface area contributed by atoms with Crippen molar-refractivity contribution in [2.75, 3.05) is 0 Å². The molecule has 0 fully saturated rings. The molecule has 76 valence electrons. The smallest absolute Gasteiger partial charge is 0.160 e. The lowest BCUT2D eigenvalue weighted by Gasteiger charge is -2.41. The highest BCUT2D eigenvalue weighted by molar-refractivity contribution is 6.07. The quantitative estimate of drug-likeness (QED) is 0.663. The van der Waals surface area contributed by atoms with Crippen molar-refractivity contribution in [3.63, 3.8) is 0 Å². The van der Waals surface area contributed by atoms with E-state index in [9.17, 15) is 0 Å². The van der Waals surface area contributed by atoms with Gasteiger partial charge in [-0.2, -0.15) is 0 Å². The molecular weight excluding hydrogens is 184 g/mol. The summed E-state index contributed by atoms with van der Waals surface area (Å²) in [4.78, 5) is 9.12. The van der Waals surface area contributed by atoms with E-state index in [1.54, 1.807) is 0 Å². The Labute approximate surface area is 89.8 Å². The van der Waals surface area contributed by atoms with Gasteiger partial charge in [-0.1, -0.05) is 29.8 Å². The van der Waals surface area contributed by atoms with Crippen molar-refractivity contribution in [2.45, 2.75) is 32.4 Å². The summed E-state index contributed by atoms with van der Waals surface area (Å²) >= 11 is 0. The van der Waals surface area contributed by atoms with E-state index in [2.05, 4.69) is 48.1 Å². The molecule has 3 rings (SSSR count). The number of nitrogens with zero attached hydrogens (tertiary/aromatic N) is 2. The van der Waals surface area contributed by atoms with Gasteiger partial charge in [0, 0.05) is 24.3 Å². The van der Waals surface area contributed by atoms with Crippen LogP contribution in [0.5, 0.6) is 0 Å². The summed E-state index contributed by atoms with van der Waals surface area (Å²) in [7, 11) is 0. The molecule has 0 bridgehead atoms. The highest BCUT2D eigenvalue weighted by Crippen LogP contribution is 2.40. The molecule has 15 heavy (non-hydrogen) atoms. The van der Waals surface area contributed by atoms with Crippen LogP contribution >= 0.6 is 0 Å². The second kappa shape index (κ2) is 2.78. The molecule has 2 heteroatoms. The van der Waals surface area contributed by atoms with Gasteiger partial charge in [-0.25, -0.2) is 0 Å². The summed E-state index contributed by atoms with van der Waals surface area (Å²) in [5.41, 5.74) is 4.97. The highest BCUT2D eigenvalue weighted by atomic mass is 15.2. The van der Waals surface area contributed by atoms with Crippen molar-refractivity contribution >= 4 is 11.4 Å². The number of aliphatic imine (C=N–C) groups is 2. The Bertz CT molecular complexity index is 468. The Kier molecular flexibility index (Phi) is 1.64. The van der Waals surface area contributed by atoms with Gasteiger partial charge in [-0.05, 0) is 19.4 Å². The fourth-order valence-corrected chi connectivity index (χ4v) is 2.34. The predicted octanol–water partition coefficient (Wildman–Crippen LogP) is 2.75. The van der Waals surface area contributed by atoms with Crippen LogP contribution in [0, 0.1) is 6.92 Å². The largest absolute Gasteiger partial charge is 0.264 e. The van der Waals surface area contributed by atoms with Crippen molar-refractivity contribution in [3.8, 4) is 0 Å². The number of benzene rings is 1. The van der Waals surface area contributed by atoms with Crippen LogP contribution in [0.4, 0.5) is 0 Å². The minimum atomic E-state index is -0.0374. The molecule has 0 aliphatic carbocycles. The molecule has 0 N–H and O–H groups in total. The van der Waals surface area contributed by atoms with E-state index in [-0.39, 0.29) is 5.66 Å². The van der Waals surface area contributed by atoms with Crippen LogP contribution in [-0.2, 0) is 0 Å². The second-order valence-electron chi connectivity index (χ2n) is 4.61. The summed E-state index contributed by atoms with van der Waals surface area (Å²) < 4.78 is 0. The molecule has 0 saturated carbocycles. The first kappa shape index (κ1) is 8.84. The molecule has 1 spiro atoms. The van der Waals surface area contributed by atoms with Crippen molar-refractivity contribution in [1.29, 1.82) is 0 Å².